The summed E-state index contributed by atoms with van der Waals surface area (Å²) in [5.74, 6) is -0.140. The molecule has 0 amide bonds. The Bertz CT molecular complexity index is 1580. The van der Waals surface area contributed by atoms with Gasteiger partial charge in [0.2, 0.25) is 0 Å². The number of rotatable bonds is 7. The second-order valence-corrected chi connectivity index (χ2v) is 10.9. The Balaban J connectivity index is 1.24. The summed E-state index contributed by atoms with van der Waals surface area (Å²) in [5.41, 5.74) is 3.33. The molecular formula is C29H30F2N6O2S. The van der Waals surface area contributed by atoms with Crippen molar-refractivity contribution in [3.63, 3.8) is 0 Å². The summed E-state index contributed by atoms with van der Waals surface area (Å²) in [4.78, 5) is 20.2. The average Bonchev–Trinajstić information content (AvgIpc) is 3.40. The van der Waals surface area contributed by atoms with Crippen LogP contribution in [0.3, 0.4) is 0 Å². The van der Waals surface area contributed by atoms with E-state index in [1.54, 1.807) is 31.2 Å². The Morgan fingerprint density at radius 2 is 1.82 bits per heavy atom. The molecule has 4 aromatic rings. The minimum absolute atomic E-state index is 0.0578. The molecule has 0 bridgehead atoms. The monoisotopic (exact) mass is 564 g/mol. The second-order valence-electron chi connectivity index (χ2n) is 9.97. The van der Waals surface area contributed by atoms with E-state index < -0.39 is 12.0 Å². The van der Waals surface area contributed by atoms with Gasteiger partial charge in [0, 0.05) is 62.7 Å². The number of ether oxygens (including phenoxy) is 1. The number of alkyl halides is 1. The molecule has 40 heavy (non-hydrogen) atoms. The summed E-state index contributed by atoms with van der Waals surface area (Å²) in [7, 11) is 0. The summed E-state index contributed by atoms with van der Waals surface area (Å²) in [5, 5.41) is 3.71. The molecular weight excluding hydrogens is 534 g/mol. The van der Waals surface area contributed by atoms with E-state index >= 15 is 0 Å². The number of hydrogen-bond donors (Lipinski definition) is 2. The zero-order valence-electron chi connectivity index (χ0n) is 22.1. The standard InChI is InChI=1S/C29H30F2N6O2S/c1-19-26(34-40-36-13-10-20(30)17-36)9-7-25(31)28(19)39-23-6-8-27-24(16-23)29(38)37(18-33-27)22-4-2-21(3-5-22)35-14-11-32-12-15-35/h2-9,16,18,20,32,34H,10-15,17H2,1H3. The first-order valence-electron chi connectivity index (χ1n) is 13.3. The van der Waals surface area contributed by atoms with Crippen LogP contribution in [0.4, 0.5) is 20.2 Å². The fourth-order valence-electron chi connectivity index (χ4n) is 4.99. The van der Waals surface area contributed by atoms with E-state index in [0.717, 1.165) is 31.9 Å². The quantitative estimate of drug-likeness (QED) is 0.302. The zero-order chi connectivity index (χ0) is 27.6. The van der Waals surface area contributed by atoms with Gasteiger partial charge in [-0.1, -0.05) is 0 Å². The van der Waals surface area contributed by atoms with Crippen molar-refractivity contribution in [2.75, 3.05) is 48.9 Å². The number of halogens is 2. The molecule has 2 fully saturated rings. The Hall–Kier alpha value is -3.67. The van der Waals surface area contributed by atoms with Crippen molar-refractivity contribution in [2.24, 2.45) is 0 Å². The van der Waals surface area contributed by atoms with Gasteiger partial charge in [-0.25, -0.2) is 18.1 Å². The highest BCUT2D eigenvalue weighted by Gasteiger charge is 2.23. The molecule has 208 valence electrons. The lowest BCUT2D eigenvalue weighted by Crippen LogP contribution is -2.43. The number of nitrogens with one attached hydrogen (secondary N) is 2. The second kappa shape index (κ2) is 11.4. The van der Waals surface area contributed by atoms with Crippen molar-refractivity contribution >= 4 is 34.4 Å². The van der Waals surface area contributed by atoms with E-state index in [2.05, 4.69) is 19.9 Å². The zero-order valence-corrected chi connectivity index (χ0v) is 22.9. The van der Waals surface area contributed by atoms with Crippen LogP contribution in [0.15, 0.2) is 65.7 Å². The maximum atomic E-state index is 14.8. The van der Waals surface area contributed by atoms with E-state index in [4.69, 9.17) is 4.74 Å². The van der Waals surface area contributed by atoms with Gasteiger partial charge < -0.3 is 19.7 Å². The van der Waals surface area contributed by atoms with Crippen molar-refractivity contribution < 1.29 is 13.5 Å². The summed E-state index contributed by atoms with van der Waals surface area (Å²) >= 11 is 1.30. The summed E-state index contributed by atoms with van der Waals surface area (Å²) in [6.45, 7) is 6.52. The molecule has 2 aliphatic rings. The summed E-state index contributed by atoms with van der Waals surface area (Å²) in [6.07, 6.45) is 1.20. The van der Waals surface area contributed by atoms with Gasteiger partial charge in [0.1, 0.15) is 18.2 Å². The fourth-order valence-corrected chi connectivity index (χ4v) is 5.87. The van der Waals surface area contributed by atoms with Gasteiger partial charge in [-0.3, -0.25) is 9.36 Å². The Morgan fingerprint density at radius 3 is 2.58 bits per heavy atom. The molecule has 3 aromatic carbocycles. The van der Waals surface area contributed by atoms with Crippen molar-refractivity contribution in [3.8, 4) is 17.2 Å². The smallest absolute Gasteiger partial charge is 0.265 e. The molecule has 0 aliphatic carbocycles. The summed E-state index contributed by atoms with van der Waals surface area (Å²) < 4.78 is 40.9. The highest BCUT2D eigenvalue weighted by atomic mass is 32.2. The first-order valence-corrected chi connectivity index (χ1v) is 14.1. The third-order valence-electron chi connectivity index (χ3n) is 7.30. The molecule has 6 rings (SSSR count). The number of aromatic nitrogens is 2. The van der Waals surface area contributed by atoms with Gasteiger partial charge in [0.05, 0.1) is 22.3 Å². The van der Waals surface area contributed by atoms with Crippen LogP contribution in [0.2, 0.25) is 0 Å². The molecule has 2 N–H and O–H groups in total. The van der Waals surface area contributed by atoms with Gasteiger partial charge in [0.15, 0.2) is 11.6 Å². The topological polar surface area (TPSA) is 74.7 Å². The number of piperazine rings is 1. The van der Waals surface area contributed by atoms with Gasteiger partial charge in [-0.05, 0) is 67.9 Å². The molecule has 1 unspecified atom stereocenters. The fraction of sp³-hybridized carbons (Fsp3) is 0.310. The molecule has 2 aliphatic heterocycles. The molecule has 11 heteroatoms. The van der Waals surface area contributed by atoms with Crippen molar-refractivity contribution in [3.05, 3.63) is 82.7 Å². The third kappa shape index (κ3) is 5.49. The highest BCUT2D eigenvalue weighted by Crippen LogP contribution is 2.35. The lowest BCUT2D eigenvalue weighted by atomic mass is 10.1. The van der Waals surface area contributed by atoms with Crippen LogP contribution >= 0.6 is 12.1 Å². The Morgan fingerprint density at radius 1 is 1.05 bits per heavy atom. The molecule has 0 spiro atoms. The number of nitrogens with zero attached hydrogens (tertiary/aromatic N) is 4. The Labute approximate surface area is 235 Å². The molecule has 1 aromatic heterocycles. The van der Waals surface area contributed by atoms with Crippen LogP contribution in [0.1, 0.15) is 12.0 Å². The average molecular weight is 565 g/mol. The van der Waals surface area contributed by atoms with E-state index in [-0.39, 0.29) is 11.3 Å². The predicted molar refractivity (Wildman–Crippen MR) is 156 cm³/mol. The molecule has 3 heterocycles. The molecule has 0 saturated carbocycles. The number of benzene rings is 3. The SMILES string of the molecule is Cc1c(NSN2CCC(F)C2)ccc(F)c1Oc1ccc2ncn(-c3ccc(N4CCNCC4)cc3)c(=O)c2c1. The van der Waals surface area contributed by atoms with E-state index in [9.17, 15) is 13.6 Å². The van der Waals surface area contributed by atoms with E-state index in [0.29, 0.717) is 53.1 Å². The van der Waals surface area contributed by atoms with Crippen LogP contribution < -0.4 is 25.2 Å². The van der Waals surface area contributed by atoms with Crippen molar-refractivity contribution in [1.82, 2.24) is 19.2 Å². The number of hydrogen-bond acceptors (Lipinski definition) is 8. The van der Waals surface area contributed by atoms with E-state index in [1.807, 2.05) is 28.6 Å². The van der Waals surface area contributed by atoms with Gasteiger partial charge in [-0.2, -0.15) is 0 Å². The highest BCUT2D eigenvalue weighted by molar-refractivity contribution is 7.98. The van der Waals surface area contributed by atoms with Crippen LogP contribution in [-0.4, -0.2) is 59.3 Å². The maximum absolute atomic E-state index is 14.8. The molecule has 8 nitrogen and oxygen atoms in total. The third-order valence-corrected chi connectivity index (χ3v) is 8.20. The molecule has 2 saturated heterocycles. The van der Waals surface area contributed by atoms with Gasteiger partial charge >= 0.3 is 0 Å². The van der Waals surface area contributed by atoms with Crippen LogP contribution in [0.5, 0.6) is 11.5 Å². The van der Waals surface area contributed by atoms with Gasteiger partial charge in [-0.15, -0.1) is 0 Å². The van der Waals surface area contributed by atoms with Crippen LogP contribution in [0, 0.1) is 12.7 Å². The normalized spacial score (nSPS) is 17.9. The minimum Gasteiger partial charge on any atom is -0.454 e. The van der Waals surface area contributed by atoms with Crippen LogP contribution in [0.25, 0.3) is 16.6 Å². The summed E-state index contributed by atoms with van der Waals surface area (Å²) in [6, 6.07) is 15.8. The van der Waals surface area contributed by atoms with Crippen molar-refractivity contribution in [2.45, 2.75) is 19.5 Å². The molecule has 0 radical (unpaired) electrons. The first kappa shape index (κ1) is 26.5. The van der Waals surface area contributed by atoms with E-state index in [1.165, 1.54) is 29.1 Å². The number of anilines is 2. The maximum Gasteiger partial charge on any atom is 0.265 e. The Kier molecular flexibility index (Phi) is 7.59. The minimum atomic E-state index is -0.828. The lowest BCUT2D eigenvalue weighted by Gasteiger charge is -2.29. The largest absolute Gasteiger partial charge is 0.454 e. The van der Waals surface area contributed by atoms with Crippen LogP contribution in [-0.2, 0) is 0 Å². The predicted octanol–water partition coefficient (Wildman–Crippen LogP) is 5.05. The van der Waals surface area contributed by atoms with Gasteiger partial charge in [0.25, 0.3) is 5.56 Å². The van der Waals surface area contributed by atoms with Crippen molar-refractivity contribution in [1.29, 1.82) is 0 Å². The lowest BCUT2D eigenvalue weighted by molar-refractivity contribution is 0.349. The number of fused-ring (bicyclic) bond motifs is 1. The molecule has 1 atom stereocenters. The first-order chi connectivity index (χ1) is 19.5.